The first-order valence-electron chi connectivity index (χ1n) is 3.82. The standard InChI is InChI=1S/C8H15O2/c1-3-7-8(9-2)5-4-6-10-7/h7-8H,1,3-6H2,2H3. The summed E-state index contributed by atoms with van der Waals surface area (Å²) in [6.07, 6.45) is 3.58. The first-order chi connectivity index (χ1) is 4.88. The normalized spacial score (nSPS) is 34.2. The fourth-order valence-corrected chi connectivity index (χ4v) is 1.35. The summed E-state index contributed by atoms with van der Waals surface area (Å²) in [4.78, 5) is 0. The second kappa shape index (κ2) is 3.94. The van der Waals surface area contributed by atoms with Gasteiger partial charge in [-0.25, -0.2) is 0 Å². The molecule has 1 aliphatic heterocycles. The van der Waals surface area contributed by atoms with Crippen molar-refractivity contribution in [3.8, 4) is 0 Å². The Hall–Kier alpha value is -0.0800. The van der Waals surface area contributed by atoms with E-state index in [1.165, 1.54) is 0 Å². The maximum Gasteiger partial charge on any atom is 0.0836 e. The zero-order chi connectivity index (χ0) is 7.40. The number of ether oxygens (including phenoxy) is 2. The fourth-order valence-electron chi connectivity index (χ4n) is 1.35. The quantitative estimate of drug-likeness (QED) is 0.581. The summed E-state index contributed by atoms with van der Waals surface area (Å²) in [5.41, 5.74) is 0. The van der Waals surface area contributed by atoms with Crippen LogP contribution < -0.4 is 0 Å². The average Bonchev–Trinajstić information content (AvgIpc) is 2.04. The lowest BCUT2D eigenvalue weighted by molar-refractivity contribution is -0.0887. The van der Waals surface area contributed by atoms with Crippen molar-refractivity contribution in [1.82, 2.24) is 0 Å². The molecule has 1 aliphatic rings. The van der Waals surface area contributed by atoms with Gasteiger partial charge in [-0.1, -0.05) is 6.92 Å². The molecule has 2 nitrogen and oxygen atoms in total. The molecule has 0 aromatic heterocycles. The maximum atomic E-state index is 5.44. The van der Waals surface area contributed by atoms with Crippen molar-refractivity contribution >= 4 is 0 Å². The summed E-state index contributed by atoms with van der Waals surface area (Å²) in [6, 6.07) is 0. The van der Waals surface area contributed by atoms with E-state index < -0.39 is 0 Å². The highest BCUT2D eigenvalue weighted by molar-refractivity contribution is 4.75. The molecule has 59 valence electrons. The Morgan fingerprint density at radius 1 is 1.70 bits per heavy atom. The van der Waals surface area contributed by atoms with Crippen molar-refractivity contribution in [2.45, 2.75) is 31.5 Å². The van der Waals surface area contributed by atoms with Crippen LogP contribution in [0.2, 0.25) is 0 Å². The SMILES string of the molecule is [CH2]CC1OCCCC1OC. The zero-order valence-electron chi connectivity index (χ0n) is 6.51. The van der Waals surface area contributed by atoms with Gasteiger partial charge in [-0.3, -0.25) is 0 Å². The predicted octanol–water partition coefficient (Wildman–Crippen LogP) is 1.40. The number of methoxy groups -OCH3 is 1. The Morgan fingerprint density at radius 3 is 3.00 bits per heavy atom. The minimum atomic E-state index is 0.235. The first kappa shape index (κ1) is 8.02. The van der Waals surface area contributed by atoms with E-state index in [4.69, 9.17) is 9.47 Å². The molecule has 0 bridgehead atoms. The van der Waals surface area contributed by atoms with Crippen LogP contribution in [0.15, 0.2) is 0 Å². The van der Waals surface area contributed by atoms with Crippen LogP contribution in [0.25, 0.3) is 0 Å². The van der Waals surface area contributed by atoms with Gasteiger partial charge in [0.05, 0.1) is 12.2 Å². The third-order valence-electron chi connectivity index (χ3n) is 1.97. The molecule has 0 N–H and O–H groups in total. The van der Waals surface area contributed by atoms with Gasteiger partial charge in [0, 0.05) is 13.7 Å². The molecule has 0 spiro atoms. The summed E-state index contributed by atoms with van der Waals surface area (Å²) in [5.74, 6) is 0. The van der Waals surface area contributed by atoms with Crippen LogP contribution in [0, 0.1) is 6.92 Å². The summed E-state index contributed by atoms with van der Waals surface area (Å²) < 4.78 is 10.7. The minimum Gasteiger partial charge on any atom is -0.379 e. The van der Waals surface area contributed by atoms with E-state index in [1.807, 2.05) is 0 Å². The third-order valence-corrected chi connectivity index (χ3v) is 1.97. The molecule has 0 aliphatic carbocycles. The number of hydrogen-bond acceptors (Lipinski definition) is 2. The molecule has 1 saturated heterocycles. The molecule has 10 heavy (non-hydrogen) atoms. The first-order valence-corrected chi connectivity index (χ1v) is 3.82. The van der Waals surface area contributed by atoms with Crippen molar-refractivity contribution in [2.24, 2.45) is 0 Å². The third kappa shape index (κ3) is 1.70. The van der Waals surface area contributed by atoms with E-state index in [9.17, 15) is 0 Å². The summed E-state index contributed by atoms with van der Waals surface area (Å²) in [5, 5.41) is 0. The van der Waals surface area contributed by atoms with E-state index in [1.54, 1.807) is 7.11 Å². The molecule has 1 rings (SSSR count). The molecular formula is C8H15O2. The molecule has 0 amide bonds. The molecule has 0 saturated carbocycles. The van der Waals surface area contributed by atoms with Gasteiger partial charge >= 0.3 is 0 Å². The highest BCUT2D eigenvalue weighted by Crippen LogP contribution is 2.18. The Bertz CT molecular complexity index is 81.3. The van der Waals surface area contributed by atoms with Gasteiger partial charge < -0.3 is 9.47 Å². The molecule has 2 heteroatoms. The van der Waals surface area contributed by atoms with E-state index in [0.717, 1.165) is 25.9 Å². The van der Waals surface area contributed by atoms with Gasteiger partial charge in [-0.2, -0.15) is 0 Å². The maximum absolute atomic E-state index is 5.44. The van der Waals surface area contributed by atoms with Gasteiger partial charge in [-0.05, 0) is 19.3 Å². The average molecular weight is 143 g/mol. The summed E-state index contributed by atoms with van der Waals surface area (Å²) in [7, 11) is 1.74. The molecule has 1 fully saturated rings. The van der Waals surface area contributed by atoms with Crippen LogP contribution in [-0.2, 0) is 9.47 Å². The molecular weight excluding hydrogens is 128 g/mol. The van der Waals surface area contributed by atoms with Gasteiger partial charge in [0.1, 0.15) is 0 Å². The molecule has 1 heterocycles. The Kier molecular flexibility index (Phi) is 3.16. The minimum absolute atomic E-state index is 0.235. The van der Waals surface area contributed by atoms with E-state index in [2.05, 4.69) is 6.92 Å². The van der Waals surface area contributed by atoms with Gasteiger partial charge in [0.25, 0.3) is 0 Å². The molecule has 2 atom stereocenters. The van der Waals surface area contributed by atoms with Crippen LogP contribution in [0.4, 0.5) is 0 Å². The predicted molar refractivity (Wildman–Crippen MR) is 39.7 cm³/mol. The Labute approximate surface area is 62.5 Å². The van der Waals surface area contributed by atoms with E-state index in [0.29, 0.717) is 0 Å². The van der Waals surface area contributed by atoms with Crippen LogP contribution in [0.1, 0.15) is 19.3 Å². The highest BCUT2D eigenvalue weighted by Gasteiger charge is 2.23. The monoisotopic (exact) mass is 143 g/mol. The number of hydrogen-bond donors (Lipinski definition) is 0. The smallest absolute Gasteiger partial charge is 0.0836 e. The van der Waals surface area contributed by atoms with Crippen LogP contribution in [-0.4, -0.2) is 25.9 Å². The van der Waals surface area contributed by atoms with Crippen molar-refractivity contribution in [2.75, 3.05) is 13.7 Å². The van der Waals surface area contributed by atoms with Gasteiger partial charge in [0.2, 0.25) is 0 Å². The van der Waals surface area contributed by atoms with Crippen LogP contribution in [0.3, 0.4) is 0 Å². The largest absolute Gasteiger partial charge is 0.379 e. The van der Waals surface area contributed by atoms with E-state index in [-0.39, 0.29) is 12.2 Å². The second-order valence-corrected chi connectivity index (χ2v) is 2.61. The molecule has 2 unspecified atom stereocenters. The van der Waals surface area contributed by atoms with Crippen molar-refractivity contribution in [3.63, 3.8) is 0 Å². The Morgan fingerprint density at radius 2 is 2.50 bits per heavy atom. The zero-order valence-corrected chi connectivity index (χ0v) is 6.51. The van der Waals surface area contributed by atoms with Gasteiger partial charge in [0.15, 0.2) is 0 Å². The molecule has 0 aromatic carbocycles. The lowest BCUT2D eigenvalue weighted by Crippen LogP contribution is -2.34. The topological polar surface area (TPSA) is 18.5 Å². The summed E-state index contributed by atoms with van der Waals surface area (Å²) >= 11 is 0. The van der Waals surface area contributed by atoms with E-state index >= 15 is 0 Å². The van der Waals surface area contributed by atoms with Crippen molar-refractivity contribution in [3.05, 3.63) is 6.92 Å². The lowest BCUT2D eigenvalue weighted by atomic mass is 10.0. The molecule has 0 aromatic rings. The van der Waals surface area contributed by atoms with Crippen molar-refractivity contribution < 1.29 is 9.47 Å². The summed E-state index contributed by atoms with van der Waals surface area (Å²) in [6.45, 7) is 4.68. The van der Waals surface area contributed by atoms with Crippen LogP contribution >= 0.6 is 0 Å². The second-order valence-electron chi connectivity index (χ2n) is 2.61. The van der Waals surface area contributed by atoms with Crippen LogP contribution in [0.5, 0.6) is 0 Å². The Balaban J connectivity index is 2.34. The fraction of sp³-hybridized carbons (Fsp3) is 0.875. The highest BCUT2D eigenvalue weighted by atomic mass is 16.5. The number of rotatable bonds is 2. The van der Waals surface area contributed by atoms with Gasteiger partial charge in [-0.15, -0.1) is 0 Å². The molecule has 1 radical (unpaired) electrons. The lowest BCUT2D eigenvalue weighted by Gasteiger charge is -2.29. The van der Waals surface area contributed by atoms with Crippen molar-refractivity contribution in [1.29, 1.82) is 0 Å².